The monoisotopic (exact) mass is 167 g/mol. The van der Waals surface area contributed by atoms with Gasteiger partial charge >= 0.3 is 0 Å². The number of fused-ring (bicyclic) bond motifs is 1. The van der Waals surface area contributed by atoms with E-state index in [9.17, 15) is 0 Å². The summed E-state index contributed by atoms with van der Waals surface area (Å²) >= 11 is 0. The molecule has 3 unspecified atom stereocenters. The Bertz CT molecular complexity index is 200. The van der Waals surface area contributed by atoms with E-state index in [-0.39, 0.29) is 0 Å². The maximum atomic E-state index is 5.62. The van der Waals surface area contributed by atoms with Gasteiger partial charge in [-0.05, 0) is 31.6 Å². The summed E-state index contributed by atoms with van der Waals surface area (Å²) in [6.07, 6.45) is 5.06. The zero-order valence-corrected chi connectivity index (χ0v) is 7.59. The van der Waals surface area contributed by atoms with Crippen molar-refractivity contribution in [2.45, 2.75) is 44.7 Å². The lowest BCUT2D eigenvalue weighted by Crippen LogP contribution is -2.37. The van der Waals surface area contributed by atoms with Crippen molar-refractivity contribution in [2.75, 3.05) is 0 Å². The van der Waals surface area contributed by atoms with Gasteiger partial charge in [-0.2, -0.15) is 0 Å². The third-order valence-corrected chi connectivity index (χ3v) is 3.03. The minimum Gasteiger partial charge on any atom is -0.370 e. The summed E-state index contributed by atoms with van der Waals surface area (Å²) in [4.78, 5) is 4.39. The lowest BCUT2D eigenvalue weighted by molar-refractivity contribution is 0.489. The van der Waals surface area contributed by atoms with Gasteiger partial charge in [0.15, 0.2) is 5.96 Å². The van der Waals surface area contributed by atoms with Gasteiger partial charge in [-0.15, -0.1) is 0 Å². The molecule has 3 nitrogen and oxygen atoms in total. The SMILES string of the molecule is CC1CCC2N=C(N)NC2CC1. The van der Waals surface area contributed by atoms with E-state index >= 15 is 0 Å². The van der Waals surface area contributed by atoms with Crippen LogP contribution in [-0.4, -0.2) is 18.0 Å². The number of nitrogens with zero attached hydrogens (tertiary/aromatic N) is 1. The lowest BCUT2D eigenvalue weighted by atomic mass is 10.0. The van der Waals surface area contributed by atoms with Crippen molar-refractivity contribution in [1.82, 2.24) is 5.32 Å². The largest absolute Gasteiger partial charge is 0.370 e. The Morgan fingerprint density at radius 1 is 1.33 bits per heavy atom. The molecule has 12 heavy (non-hydrogen) atoms. The van der Waals surface area contributed by atoms with E-state index in [1.165, 1.54) is 25.7 Å². The second kappa shape index (κ2) is 2.96. The standard InChI is InChI=1S/C9H17N3/c1-6-2-4-7-8(5-3-6)12-9(10)11-7/h6-8H,2-5H2,1H3,(H3,10,11,12). The fraction of sp³-hybridized carbons (Fsp3) is 0.889. The molecule has 3 heteroatoms. The average Bonchev–Trinajstić information content (AvgIpc) is 2.31. The van der Waals surface area contributed by atoms with Crippen molar-refractivity contribution >= 4 is 5.96 Å². The molecule has 1 saturated carbocycles. The number of rotatable bonds is 0. The molecule has 2 aliphatic rings. The Balaban J connectivity index is 2.02. The molecule has 3 atom stereocenters. The van der Waals surface area contributed by atoms with E-state index in [4.69, 9.17) is 5.73 Å². The second-order valence-corrected chi connectivity index (χ2v) is 4.09. The first-order chi connectivity index (χ1) is 5.75. The summed E-state index contributed by atoms with van der Waals surface area (Å²) < 4.78 is 0. The van der Waals surface area contributed by atoms with Crippen LogP contribution in [0.4, 0.5) is 0 Å². The zero-order chi connectivity index (χ0) is 8.55. The molecule has 0 spiro atoms. The first kappa shape index (κ1) is 7.90. The zero-order valence-electron chi connectivity index (χ0n) is 7.59. The van der Waals surface area contributed by atoms with Gasteiger partial charge in [0.1, 0.15) is 0 Å². The van der Waals surface area contributed by atoms with Crippen molar-refractivity contribution in [3.8, 4) is 0 Å². The number of nitrogens with two attached hydrogens (primary N) is 1. The Kier molecular flexibility index (Phi) is 1.95. The number of aliphatic imine (C=N–C) groups is 1. The van der Waals surface area contributed by atoms with Gasteiger partial charge in [-0.3, -0.25) is 0 Å². The van der Waals surface area contributed by atoms with E-state index in [0.717, 1.165) is 5.92 Å². The normalized spacial score (nSPS) is 41.1. The minimum atomic E-state index is 0.468. The lowest BCUT2D eigenvalue weighted by Gasteiger charge is -2.13. The summed E-state index contributed by atoms with van der Waals surface area (Å²) in [6, 6.07) is 1.00. The highest BCUT2D eigenvalue weighted by Gasteiger charge is 2.29. The predicted molar refractivity (Wildman–Crippen MR) is 50.0 cm³/mol. The molecule has 0 aromatic carbocycles. The van der Waals surface area contributed by atoms with Crippen LogP contribution in [0.5, 0.6) is 0 Å². The van der Waals surface area contributed by atoms with E-state index in [0.29, 0.717) is 18.0 Å². The summed E-state index contributed by atoms with van der Waals surface area (Å²) in [5.74, 6) is 1.52. The van der Waals surface area contributed by atoms with Crippen molar-refractivity contribution < 1.29 is 0 Å². The van der Waals surface area contributed by atoms with E-state index in [2.05, 4.69) is 17.2 Å². The molecule has 0 amide bonds. The number of guanidine groups is 1. The van der Waals surface area contributed by atoms with Crippen LogP contribution in [0.2, 0.25) is 0 Å². The number of hydrogen-bond acceptors (Lipinski definition) is 3. The van der Waals surface area contributed by atoms with Gasteiger partial charge < -0.3 is 11.1 Å². The Hall–Kier alpha value is -0.730. The molecule has 1 aliphatic heterocycles. The highest BCUT2D eigenvalue weighted by molar-refractivity contribution is 5.80. The van der Waals surface area contributed by atoms with Crippen LogP contribution in [0.25, 0.3) is 0 Å². The molecule has 3 N–H and O–H groups in total. The van der Waals surface area contributed by atoms with Gasteiger partial charge in [0.05, 0.1) is 12.1 Å². The van der Waals surface area contributed by atoms with Gasteiger partial charge in [0.2, 0.25) is 0 Å². The molecule has 0 bridgehead atoms. The van der Waals surface area contributed by atoms with Crippen molar-refractivity contribution in [1.29, 1.82) is 0 Å². The highest BCUT2D eigenvalue weighted by Crippen LogP contribution is 2.26. The Morgan fingerprint density at radius 3 is 2.92 bits per heavy atom. The van der Waals surface area contributed by atoms with Gasteiger partial charge in [-0.1, -0.05) is 6.92 Å². The van der Waals surface area contributed by atoms with Gasteiger partial charge in [0.25, 0.3) is 0 Å². The fourth-order valence-corrected chi connectivity index (χ4v) is 2.19. The molecule has 0 aromatic rings. The third-order valence-electron chi connectivity index (χ3n) is 3.03. The molecule has 1 fully saturated rings. The molecule has 0 aromatic heterocycles. The van der Waals surface area contributed by atoms with Crippen LogP contribution >= 0.6 is 0 Å². The molecule has 68 valence electrons. The summed E-state index contributed by atoms with van der Waals surface area (Å²) in [7, 11) is 0. The molecule has 0 saturated heterocycles. The van der Waals surface area contributed by atoms with Crippen LogP contribution < -0.4 is 11.1 Å². The summed E-state index contributed by atoms with van der Waals surface area (Å²) in [5, 5.41) is 3.24. The van der Waals surface area contributed by atoms with Crippen molar-refractivity contribution in [2.24, 2.45) is 16.6 Å². The van der Waals surface area contributed by atoms with Gasteiger partial charge in [-0.25, -0.2) is 4.99 Å². The number of nitrogens with one attached hydrogen (secondary N) is 1. The first-order valence-corrected chi connectivity index (χ1v) is 4.85. The molecular formula is C9H17N3. The summed E-state index contributed by atoms with van der Waals surface area (Å²) in [5.41, 5.74) is 5.62. The summed E-state index contributed by atoms with van der Waals surface area (Å²) in [6.45, 7) is 2.33. The van der Waals surface area contributed by atoms with Gasteiger partial charge in [0, 0.05) is 0 Å². The van der Waals surface area contributed by atoms with Crippen LogP contribution in [0.15, 0.2) is 4.99 Å². The van der Waals surface area contributed by atoms with Crippen molar-refractivity contribution in [3.63, 3.8) is 0 Å². The molecular weight excluding hydrogens is 150 g/mol. The average molecular weight is 167 g/mol. The number of hydrogen-bond donors (Lipinski definition) is 2. The minimum absolute atomic E-state index is 0.468. The predicted octanol–water partition coefficient (Wildman–Crippen LogP) is 0.852. The molecule has 1 heterocycles. The fourth-order valence-electron chi connectivity index (χ4n) is 2.19. The maximum Gasteiger partial charge on any atom is 0.189 e. The van der Waals surface area contributed by atoms with Crippen LogP contribution in [-0.2, 0) is 0 Å². The topological polar surface area (TPSA) is 50.4 Å². The van der Waals surface area contributed by atoms with E-state index in [1.54, 1.807) is 0 Å². The quantitative estimate of drug-likeness (QED) is 0.562. The Morgan fingerprint density at radius 2 is 2.08 bits per heavy atom. The highest BCUT2D eigenvalue weighted by atomic mass is 15.2. The smallest absolute Gasteiger partial charge is 0.189 e. The Labute approximate surface area is 73.4 Å². The van der Waals surface area contributed by atoms with Crippen LogP contribution in [0.3, 0.4) is 0 Å². The second-order valence-electron chi connectivity index (χ2n) is 4.09. The van der Waals surface area contributed by atoms with Crippen molar-refractivity contribution in [3.05, 3.63) is 0 Å². The molecule has 2 rings (SSSR count). The molecule has 1 aliphatic carbocycles. The van der Waals surface area contributed by atoms with Crippen LogP contribution in [0.1, 0.15) is 32.6 Å². The molecule has 0 radical (unpaired) electrons. The first-order valence-electron chi connectivity index (χ1n) is 4.85. The third kappa shape index (κ3) is 1.40. The van der Waals surface area contributed by atoms with E-state index in [1.807, 2.05) is 0 Å². The van der Waals surface area contributed by atoms with E-state index < -0.39 is 0 Å². The maximum absolute atomic E-state index is 5.62. The van der Waals surface area contributed by atoms with Crippen LogP contribution in [0, 0.1) is 5.92 Å².